The van der Waals surface area contributed by atoms with E-state index in [4.69, 9.17) is 0 Å². The first-order valence-corrected chi connectivity index (χ1v) is 9.42. The third-order valence-electron chi connectivity index (χ3n) is 5.00. The summed E-state index contributed by atoms with van der Waals surface area (Å²) in [5.74, 6) is 1.70. The van der Waals surface area contributed by atoms with E-state index in [1.54, 1.807) is 0 Å². The first kappa shape index (κ1) is 17.6. The summed E-state index contributed by atoms with van der Waals surface area (Å²) in [7, 11) is 0. The molecule has 0 aliphatic carbocycles. The average Bonchev–Trinajstić information content (AvgIpc) is 3.06. The summed E-state index contributed by atoms with van der Waals surface area (Å²) in [5.41, 5.74) is 3.35. The fourth-order valence-electron chi connectivity index (χ4n) is 3.49. The molecule has 7 nitrogen and oxygen atoms in total. The fraction of sp³-hybridized carbons (Fsp3) is 0.400. The van der Waals surface area contributed by atoms with Crippen LogP contribution in [0, 0.1) is 13.8 Å². The fourth-order valence-corrected chi connectivity index (χ4v) is 3.49. The Hall–Kier alpha value is -2.80. The van der Waals surface area contributed by atoms with Gasteiger partial charge in [0, 0.05) is 50.8 Å². The van der Waals surface area contributed by atoms with Gasteiger partial charge < -0.3 is 4.90 Å². The summed E-state index contributed by atoms with van der Waals surface area (Å²) in [5, 5.41) is 13.3. The SMILES string of the molecule is Cc1cc(C)n(-c2ccc(N3CCN(CCc4cccnc4)CC3)nn2)n1. The maximum absolute atomic E-state index is 4.47. The van der Waals surface area contributed by atoms with E-state index >= 15 is 0 Å². The van der Waals surface area contributed by atoms with E-state index in [0.717, 1.165) is 62.2 Å². The smallest absolute Gasteiger partial charge is 0.176 e. The first-order valence-electron chi connectivity index (χ1n) is 9.42. The van der Waals surface area contributed by atoms with Gasteiger partial charge in [-0.25, -0.2) is 4.68 Å². The molecular weight excluding hydrogens is 338 g/mol. The molecule has 0 N–H and O–H groups in total. The van der Waals surface area contributed by atoms with Gasteiger partial charge in [0.15, 0.2) is 11.6 Å². The van der Waals surface area contributed by atoms with Crippen LogP contribution < -0.4 is 4.90 Å². The number of nitrogens with zero attached hydrogens (tertiary/aromatic N) is 7. The summed E-state index contributed by atoms with van der Waals surface area (Å²) in [6, 6.07) is 10.2. The molecule has 0 radical (unpaired) electrons. The largest absolute Gasteiger partial charge is 0.353 e. The molecule has 4 heterocycles. The lowest BCUT2D eigenvalue weighted by molar-refractivity contribution is 0.260. The quantitative estimate of drug-likeness (QED) is 0.691. The molecular formula is C20H25N7. The summed E-state index contributed by atoms with van der Waals surface area (Å²) in [6.45, 7) is 9.12. The Labute approximate surface area is 159 Å². The lowest BCUT2D eigenvalue weighted by atomic mass is 10.2. The molecule has 1 saturated heterocycles. The lowest BCUT2D eigenvalue weighted by Crippen LogP contribution is -2.47. The molecule has 0 aromatic carbocycles. The van der Waals surface area contributed by atoms with Crippen LogP contribution in [0.3, 0.4) is 0 Å². The molecule has 3 aromatic rings. The lowest BCUT2D eigenvalue weighted by Gasteiger charge is -2.35. The number of anilines is 1. The number of rotatable bonds is 5. The highest BCUT2D eigenvalue weighted by Crippen LogP contribution is 2.15. The third kappa shape index (κ3) is 4.14. The molecule has 0 spiro atoms. The second-order valence-electron chi connectivity index (χ2n) is 7.03. The van der Waals surface area contributed by atoms with Crippen LogP contribution in [0.2, 0.25) is 0 Å². The minimum absolute atomic E-state index is 0.763. The highest BCUT2D eigenvalue weighted by Gasteiger charge is 2.18. The summed E-state index contributed by atoms with van der Waals surface area (Å²) < 4.78 is 1.84. The predicted octanol–water partition coefficient (Wildman–Crippen LogP) is 2.04. The molecule has 0 atom stereocenters. The maximum Gasteiger partial charge on any atom is 0.176 e. The van der Waals surface area contributed by atoms with Crippen molar-refractivity contribution in [1.29, 1.82) is 0 Å². The van der Waals surface area contributed by atoms with Gasteiger partial charge in [-0.2, -0.15) is 5.10 Å². The van der Waals surface area contributed by atoms with Crippen molar-refractivity contribution in [1.82, 2.24) is 29.9 Å². The van der Waals surface area contributed by atoms with Gasteiger partial charge in [0.05, 0.1) is 5.69 Å². The second kappa shape index (κ2) is 7.84. The van der Waals surface area contributed by atoms with Gasteiger partial charge >= 0.3 is 0 Å². The van der Waals surface area contributed by atoms with Crippen LogP contribution >= 0.6 is 0 Å². The molecule has 1 fully saturated rings. The van der Waals surface area contributed by atoms with Crippen LogP contribution in [0.4, 0.5) is 5.82 Å². The molecule has 7 heteroatoms. The Morgan fingerprint density at radius 3 is 2.37 bits per heavy atom. The van der Waals surface area contributed by atoms with Crippen LogP contribution in [0.5, 0.6) is 0 Å². The number of pyridine rings is 1. The molecule has 0 amide bonds. The summed E-state index contributed by atoms with van der Waals surface area (Å²) in [4.78, 5) is 8.99. The number of aryl methyl sites for hydroxylation is 2. The molecule has 4 rings (SSSR count). The maximum atomic E-state index is 4.47. The zero-order valence-electron chi connectivity index (χ0n) is 15.9. The van der Waals surface area contributed by atoms with Gasteiger partial charge in [0.1, 0.15) is 0 Å². The van der Waals surface area contributed by atoms with Crippen molar-refractivity contribution in [2.24, 2.45) is 0 Å². The van der Waals surface area contributed by atoms with Crippen molar-refractivity contribution < 1.29 is 0 Å². The first-order chi connectivity index (χ1) is 13.2. The van der Waals surface area contributed by atoms with Crippen LogP contribution in [-0.2, 0) is 6.42 Å². The van der Waals surface area contributed by atoms with E-state index in [1.807, 2.05) is 55.2 Å². The predicted molar refractivity (Wildman–Crippen MR) is 105 cm³/mol. The van der Waals surface area contributed by atoms with Crippen molar-refractivity contribution in [3.63, 3.8) is 0 Å². The minimum atomic E-state index is 0.763. The van der Waals surface area contributed by atoms with E-state index < -0.39 is 0 Å². The Kier molecular flexibility index (Phi) is 5.11. The van der Waals surface area contributed by atoms with Crippen molar-refractivity contribution in [2.45, 2.75) is 20.3 Å². The molecule has 140 valence electrons. The monoisotopic (exact) mass is 363 g/mol. The number of aromatic nitrogens is 5. The van der Waals surface area contributed by atoms with Crippen molar-refractivity contribution in [3.8, 4) is 5.82 Å². The zero-order chi connectivity index (χ0) is 18.6. The van der Waals surface area contributed by atoms with Gasteiger partial charge in [-0.3, -0.25) is 9.88 Å². The van der Waals surface area contributed by atoms with Crippen molar-refractivity contribution in [2.75, 3.05) is 37.6 Å². The minimum Gasteiger partial charge on any atom is -0.353 e. The Balaban J connectivity index is 1.32. The number of hydrogen-bond donors (Lipinski definition) is 0. The number of hydrogen-bond acceptors (Lipinski definition) is 6. The summed E-state index contributed by atoms with van der Waals surface area (Å²) in [6.07, 6.45) is 4.82. The van der Waals surface area contributed by atoms with Gasteiger partial charge in [0.25, 0.3) is 0 Å². The van der Waals surface area contributed by atoms with Gasteiger partial charge in [-0.15, -0.1) is 10.2 Å². The topological polar surface area (TPSA) is 63.0 Å². The molecule has 27 heavy (non-hydrogen) atoms. The molecule has 1 aliphatic rings. The van der Waals surface area contributed by atoms with Crippen molar-refractivity contribution in [3.05, 3.63) is 59.7 Å². The van der Waals surface area contributed by atoms with Crippen LogP contribution in [0.1, 0.15) is 17.0 Å². The third-order valence-corrected chi connectivity index (χ3v) is 5.00. The molecule has 1 aliphatic heterocycles. The normalized spacial score (nSPS) is 15.3. The van der Waals surface area contributed by atoms with Gasteiger partial charge in [-0.05, 0) is 50.1 Å². The number of piperazine rings is 1. The molecule has 3 aromatic heterocycles. The van der Waals surface area contributed by atoms with Gasteiger partial charge in [0.2, 0.25) is 0 Å². The molecule has 0 unspecified atom stereocenters. The second-order valence-corrected chi connectivity index (χ2v) is 7.03. The van der Waals surface area contributed by atoms with Crippen LogP contribution in [-0.4, -0.2) is 62.6 Å². The van der Waals surface area contributed by atoms with E-state index in [0.29, 0.717) is 0 Å². The van der Waals surface area contributed by atoms with E-state index in [-0.39, 0.29) is 0 Å². The van der Waals surface area contributed by atoms with E-state index in [9.17, 15) is 0 Å². The molecule has 0 saturated carbocycles. The van der Waals surface area contributed by atoms with Gasteiger partial charge in [-0.1, -0.05) is 6.07 Å². The Bertz CT molecular complexity index is 865. The van der Waals surface area contributed by atoms with Crippen LogP contribution in [0.25, 0.3) is 5.82 Å². The summed E-state index contributed by atoms with van der Waals surface area (Å²) >= 11 is 0. The zero-order valence-corrected chi connectivity index (χ0v) is 15.9. The van der Waals surface area contributed by atoms with E-state index in [2.05, 4.69) is 36.1 Å². The highest BCUT2D eigenvalue weighted by molar-refractivity contribution is 5.40. The van der Waals surface area contributed by atoms with Crippen molar-refractivity contribution >= 4 is 5.82 Å². The highest BCUT2D eigenvalue weighted by atomic mass is 15.4. The standard InChI is InChI=1S/C20H25N7/c1-16-14-17(2)27(24-16)20-6-5-19(22-23-20)26-12-10-25(11-13-26)9-7-18-4-3-8-21-15-18/h3-6,8,14-15H,7,9-13H2,1-2H3. The molecule has 0 bridgehead atoms. The van der Waals surface area contributed by atoms with E-state index in [1.165, 1.54) is 5.56 Å². The Morgan fingerprint density at radius 1 is 0.963 bits per heavy atom. The Morgan fingerprint density at radius 2 is 1.74 bits per heavy atom. The average molecular weight is 363 g/mol. The van der Waals surface area contributed by atoms with Crippen LogP contribution in [0.15, 0.2) is 42.7 Å².